The maximum absolute atomic E-state index is 12.5. The predicted molar refractivity (Wildman–Crippen MR) is 156 cm³/mol. The van der Waals surface area contributed by atoms with E-state index in [0.717, 1.165) is 49.0 Å². The van der Waals surface area contributed by atoms with Gasteiger partial charge in [-0.05, 0) is 80.2 Å². The molecule has 0 radical (unpaired) electrons. The van der Waals surface area contributed by atoms with Gasteiger partial charge < -0.3 is 15.0 Å². The monoisotopic (exact) mass is 556 g/mol. The van der Waals surface area contributed by atoms with E-state index in [1.54, 1.807) is 24.3 Å². The van der Waals surface area contributed by atoms with Crippen LogP contribution in [0.4, 0.5) is 11.4 Å². The first-order valence-electron chi connectivity index (χ1n) is 12.2. The van der Waals surface area contributed by atoms with Crippen molar-refractivity contribution in [3.05, 3.63) is 87.9 Å². The molecule has 1 aliphatic heterocycles. The number of nitrogens with zero attached hydrogens (tertiary/aromatic N) is 2. The number of piperazine rings is 1. The largest absolute Gasteiger partial charge is 0.491 e. The Morgan fingerprint density at radius 2 is 1.68 bits per heavy atom. The molecule has 9 heteroatoms. The molecule has 0 atom stereocenters. The number of rotatable bonds is 7. The van der Waals surface area contributed by atoms with Gasteiger partial charge in [0.25, 0.3) is 5.91 Å². The van der Waals surface area contributed by atoms with Crippen molar-refractivity contribution in [2.75, 3.05) is 36.4 Å². The molecule has 1 saturated heterocycles. The summed E-state index contributed by atoms with van der Waals surface area (Å²) in [5, 5.41) is 7.37. The molecule has 4 rings (SSSR count). The fourth-order valence-electron chi connectivity index (χ4n) is 4.15. The van der Waals surface area contributed by atoms with Crippen LogP contribution in [0.2, 0.25) is 10.0 Å². The highest BCUT2D eigenvalue weighted by Gasteiger charge is 2.20. The zero-order valence-electron chi connectivity index (χ0n) is 20.8. The second kappa shape index (κ2) is 12.6. The lowest BCUT2D eigenvalue weighted by Crippen LogP contribution is -2.46. The minimum Gasteiger partial charge on any atom is -0.491 e. The van der Waals surface area contributed by atoms with Crippen molar-refractivity contribution in [3.8, 4) is 5.75 Å². The molecule has 3 aromatic carbocycles. The number of carbonyl (C=O) groups is 1. The van der Waals surface area contributed by atoms with E-state index < -0.39 is 0 Å². The number of amides is 1. The molecule has 0 aliphatic carbocycles. The Kier molecular flexibility index (Phi) is 9.27. The minimum absolute atomic E-state index is 0.0681. The summed E-state index contributed by atoms with van der Waals surface area (Å²) in [7, 11) is 0. The Bertz CT molecular complexity index is 1250. The van der Waals surface area contributed by atoms with Crippen LogP contribution in [0.5, 0.6) is 5.75 Å². The number of carbonyl (C=O) groups excluding carboxylic acids is 1. The third kappa shape index (κ3) is 7.58. The topological polar surface area (TPSA) is 56.8 Å². The summed E-state index contributed by atoms with van der Waals surface area (Å²) in [6, 6.07) is 20.6. The van der Waals surface area contributed by atoms with E-state index in [9.17, 15) is 4.79 Å². The highest BCUT2D eigenvalue weighted by Crippen LogP contribution is 2.30. The molecular weight excluding hydrogens is 527 g/mol. The van der Waals surface area contributed by atoms with Crippen LogP contribution < -0.4 is 20.3 Å². The Balaban J connectivity index is 1.28. The van der Waals surface area contributed by atoms with Crippen molar-refractivity contribution in [1.29, 1.82) is 0 Å². The van der Waals surface area contributed by atoms with Gasteiger partial charge in [-0.3, -0.25) is 15.0 Å². The average Bonchev–Trinajstić information content (AvgIpc) is 2.86. The first-order chi connectivity index (χ1) is 17.8. The molecule has 1 heterocycles. The first-order valence-corrected chi connectivity index (χ1v) is 13.3. The van der Waals surface area contributed by atoms with Crippen LogP contribution in [0.15, 0.2) is 66.7 Å². The summed E-state index contributed by atoms with van der Waals surface area (Å²) >= 11 is 18.3. The second-order valence-electron chi connectivity index (χ2n) is 9.12. The third-order valence-corrected chi connectivity index (χ3v) is 6.86. The molecule has 2 N–H and O–H groups in total. The molecule has 37 heavy (non-hydrogen) atoms. The Morgan fingerprint density at radius 1 is 0.973 bits per heavy atom. The van der Waals surface area contributed by atoms with Gasteiger partial charge in [-0.25, -0.2) is 0 Å². The summed E-state index contributed by atoms with van der Waals surface area (Å²) in [4.78, 5) is 17.2. The van der Waals surface area contributed by atoms with Crippen LogP contribution in [0.3, 0.4) is 0 Å². The van der Waals surface area contributed by atoms with Gasteiger partial charge in [0.05, 0.1) is 16.8 Å². The maximum Gasteiger partial charge on any atom is 0.257 e. The lowest BCUT2D eigenvalue weighted by molar-refractivity contribution is 0.0977. The van der Waals surface area contributed by atoms with Gasteiger partial charge in [-0.15, -0.1) is 0 Å². The van der Waals surface area contributed by atoms with Crippen molar-refractivity contribution in [2.24, 2.45) is 0 Å². The number of nitrogens with one attached hydrogen (secondary N) is 2. The molecule has 0 saturated carbocycles. The van der Waals surface area contributed by atoms with Crippen molar-refractivity contribution in [1.82, 2.24) is 10.2 Å². The number of ether oxygens (including phenoxy) is 1. The standard InChI is InChI=1S/C28H30Cl2N4O2S/c1-19(2)36-23-10-7-20(8-11-23)27(35)32-28(37)31-22-9-12-26(25(30)17-22)34-15-13-33(14-16-34)18-21-5-3-4-6-24(21)29/h3-12,17,19H,13-16,18H2,1-2H3,(H2,31,32,35,37). The minimum atomic E-state index is -0.300. The normalized spacial score (nSPS) is 13.9. The van der Waals surface area contributed by atoms with E-state index in [0.29, 0.717) is 22.0 Å². The SMILES string of the molecule is CC(C)Oc1ccc(C(=O)NC(=S)Nc2ccc(N3CCN(Cc4ccccc4Cl)CC3)c(Cl)c2)cc1. The van der Waals surface area contributed by atoms with Crippen LogP contribution >= 0.6 is 35.4 Å². The quantitative estimate of drug-likeness (QED) is 0.336. The van der Waals surface area contributed by atoms with E-state index in [1.165, 1.54) is 0 Å². The van der Waals surface area contributed by atoms with Crippen molar-refractivity contribution >= 4 is 57.8 Å². The Morgan fingerprint density at radius 3 is 2.32 bits per heavy atom. The van der Waals surface area contributed by atoms with E-state index in [2.05, 4.69) is 26.5 Å². The number of anilines is 2. The van der Waals surface area contributed by atoms with E-state index in [-0.39, 0.29) is 17.1 Å². The van der Waals surface area contributed by atoms with Gasteiger partial charge in [0, 0.05) is 49.0 Å². The predicted octanol–water partition coefficient (Wildman–Crippen LogP) is 6.23. The van der Waals surface area contributed by atoms with Crippen molar-refractivity contribution in [3.63, 3.8) is 0 Å². The molecule has 3 aromatic rings. The zero-order valence-corrected chi connectivity index (χ0v) is 23.2. The molecule has 0 bridgehead atoms. The van der Waals surface area contributed by atoms with Crippen LogP contribution in [-0.2, 0) is 6.54 Å². The van der Waals surface area contributed by atoms with Crippen LogP contribution in [0.1, 0.15) is 29.8 Å². The molecular formula is C28H30Cl2N4O2S. The Hall–Kier alpha value is -2.84. The van der Waals surface area contributed by atoms with Gasteiger partial charge in [0.15, 0.2) is 5.11 Å². The van der Waals surface area contributed by atoms with Crippen molar-refractivity contribution in [2.45, 2.75) is 26.5 Å². The zero-order chi connectivity index (χ0) is 26.4. The fourth-order valence-corrected chi connectivity index (χ4v) is 4.86. The van der Waals surface area contributed by atoms with Gasteiger partial charge in [0.2, 0.25) is 0 Å². The highest BCUT2D eigenvalue weighted by molar-refractivity contribution is 7.80. The molecule has 6 nitrogen and oxygen atoms in total. The summed E-state index contributed by atoms with van der Waals surface area (Å²) in [5.41, 5.74) is 3.31. The summed E-state index contributed by atoms with van der Waals surface area (Å²) in [6.07, 6.45) is 0.0681. The van der Waals surface area contributed by atoms with Crippen LogP contribution in [0, 0.1) is 0 Å². The molecule has 1 amide bonds. The molecule has 1 aliphatic rings. The summed E-state index contributed by atoms with van der Waals surface area (Å²) in [6.45, 7) is 8.31. The lowest BCUT2D eigenvalue weighted by Gasteiger charge is -2.36. The number of benzene rings is 3. The maximum atomic E-state index is 12.5. The first kappa shape index (κ1) is 27.2. The average molecular weight is 558 g/mol. The van der Waals surface area contributed by atoms with Gasteiger partial charge in [-0.2, -0.15) is 0 Å². The Labute approximate surface area is 233 Å². The van der Waals surface area contributed by atoms with Gasteiger partial charge in [0.1, 0.15) is 5.75 Å². The number of thiocarbonyl (C=S) groups is 1. The fraction of sp³-hybridized carbons (Fsp3) is 0.286. The lowest BCUT2D eigenvalue weighted by atomic mass is 10.2. The molecule has 194 valence electrons. The van der Waals surface area contributed by atoms with E-state index in [4.69, 9.17) is 40.2 Å². The second-order valence-corrected chi connectivity index (χ2v) is 10.3. The molecule has 0 unspecified atom stereocenters. The number of hydrogen-bond donors (Lipinski definition) is 2. The van der Waals surface area contributed by atoms with Crippen LogP contribution in [0.25, 0.3) is 0 Å². The molecule has 0 aromatic heterocycles. The van der Waals surface area contributed by atoms with Crippen LogP contribution in [-0.4, -0.2) is 48.2 Å². The van der Waals surface area contributed by atoms with Crippen molar-refractivity contribution < 1.29 is 9.53 Å². The summed E-state index contributed by atoms with van der Waals surface area (Å²) in [5.74, 6) is 0.412. The van der Waals surface area contributed by atoms with Gasteiger partial charge >= 0.3 is 0 Å². The number of hydrogen-bond acceptors (Lipinski definition) is 5. The molecule has 1 fully saturated rings. The van der Waals surface area contributed by atoms with Gasteiger partial charge in [-0.1, -0.05) is 41.4 Å². The highest BCUT2D eigenvalue weighted by atomic mass is 35.5. The smallest absolute Gasteiger partial charge is 0.257 e. The molecule has 0 spiro atoms. The third-order valence-electron chi connectivity index (χ3n) is 5.99. The van der Waals surface area contributed by atoms with E-state index >= 15 is 0 Å². The van der Waals surface area contributed by atoms with E-state index in [1.807, 2.05) is 50.2 Å². The summed E-state index contributed by atoms with van der Waals surface area (Å²) < 4.78 is 5.61. The number of halogens is 2.